The Morgan fingerprint density at radius 2 is 1.79 bits per heavy atom. The summed E-state index contributed by atoms with van der Waals surface area (Å²) in [5.41, 5.74) is 4.56. The van der Waals surface area contributed by atoms with E-state index in [-0.39, 0.29) is 12.5 Å². The van der Waals surface area contributed by atoms with E-state index in [1.165, 1.54) is 19.3 Å². The molecule has 1 aliphatic carbocycles. The van der Waals surface area contributed by atoms with Gasteiger partial charge in [0.25, 0.3) is 5.91 Å². The molecule has 2 aromatic carbocycles. The van der Waals surface area contributed by atoms with Crippen LogP contribution in [0.4, 0.5) is 5.69 Å². The van der Waals surface area contributed by atoms with Crippen molar-refractivity contribution in [3.63, 3.8) is 0 Å². The maximum absolute atomic E-state index is 12.0. The molecule has 1 aliphatic rings. The molecule has 0 saturated heterocycles. The second-order valence-electron chi connectivity index (χ2n) is 6.95. The Morgan fingerprint density at radius 3 is 2.52 bits per heavy atom. The summed E-state index contributed by atoms with van der Waals surface area (Å²) in [6.45, 7) is 0.0327. The highest BCUT2D eigenvalue weighted by Gasteiger charge is 2.15. The number of thiocarbonyl (C=S) groups is 1. The molecule has 0 heterocycles. The first-order chi connectivity index (χ1) is 14.2. The SMILES string of the molecule is O=C(COc1ccc(/C=N\NC(=S)Nc2ccccc2)cc1)NC1CCCCC1. The number of carbonyl (C=O) groups excluding carboxylic acids is 1. The molecule has 152 valence electrons. The summed E-state index contributed by atoms with van der Waals surface area (Å²) in [6, 6.07) is 17.3. The minimum absolute atomic E-state index is 0.0327. The third-order valence-corrected chi connectivity index (χ3v) is 4.83. The molecule has 29 heavy (non-hydrogen) atoms. The Labute approximate surface area is 176 Å². The van der Waals surface area contributed by atoms with E-state index in [4.69, 9.17) is 17.0 Å². The number of ether oxygens (including phenoxy) is 1. The van der Waals surface area contributed by atoms with Gasteiger partial charge in [-0.05, 0) is 67.0 Å². The van der Waals surface area contributed by atoms with Crippen LogP contribution >= 0.6 is 12.2 Å². The van der Waals surface area contributed by atoms with Gasteiger partial charge in [0.1, 0.15) is 5.75 Å². The molecule has 7 heteroatoms. The second-order valence-corrected chi connectivity index (χ2v) is 7.36. The molecule has 0 atom stereocenters. The molecule has 1 fully saturated rings. The third-order valence-electron chi connectivity index (χ3n) is 4.63. The molecular weight excluding hydrogens is 384 g/mol. The van der Waals surface area contributed by atoms with Crippen molar-refractivity contribution in [3.8, 4) is 5.75 Å². The lowest BCUT2D eigenvalue weighted by Crippen LogP contribution is -2.38. The number of hydrazone groups is 1. The van der Waals surface area contributed by atoms with Crippen molar-refractivity contribution in [1.82, 2.24) is 10.7 Å². The fourth-order valence-corrected chi connectivity index (χ4v) is 3.33. The standard InChI is InChI=1S/C22H26N4O2S/c27-21(24-18-7-3-1-4-8-18)16-28-20-13-11-17(12-14-20)15-23-26-22(29)25-19-9-5-2-6-10-19/h2,5-6,9-15,18H,1,3-4,7-8,16H2,(H,24,27)(H2,25,26,29)/b23-15-. The minimum Gasteiger partial charge on any atom is -0.484 e. The molecule has 0 unspecified atom stereocenters. The van der Waals surface area contributed by atoms with E-state index in [1.807, 2.05) is 54.6 Å². The van der Waals surface area contributed by atoms with E-state index >= 15 is 0 Å². The van der Waals surface area contributed by atoms with Gasteiger partial charge in [-0.1, -0.05) is 37.5 Å². The summed E-state index contributed by atoms with van der Waals surface area (Å²) in [4.78, 5) is 12.0. The Hall–Kier alpha value is -2.93. The highest BCUT2D eigenvalue weighted by molar-refractivity contribution is 7.80. The van der Waals surface area contributed by atoms with Crippen LogP contribution in [0, 0.1) is 0 Å². The fraction of sp³-hybridized carbons (Fsp3) is 0.318. The Morgan fingerprint density at radius 1 is 1.07 bits per heavy atom. The van der Waals surface area contributed by atoms with Crippen LogP contribution in [0.2, 0.25) is 0 Å². The Kier molecular flexibility index (Phi) is 8.01. The number of benzene rings is 2. The lowest BCUT2D eigenvalue weighted by Gasteiger charge is -2.22. The Balaban J connectivity index is 1.38. The van der Waals surface area contributed by atoms with Crippen molar-refractivity contribution in [1.29, 1.82) is 0 Å². The van der Waals surface area contributed by atoms with Crippen LogP contribution in [0.1, 0.15) is 37.7 Å². The van der Waals surface area contributed by atoms with Gasteiger partial charge in [0.2, 0.25) is 0 Å². The topological polar surface area (TPSA) is 74.8 Å². The predicted octanol–water partition coefficient (Wildman–Crippen LogP) is 3.83. The highest BCUT2D eigenvalue weighted by Crippen LogP contribution is 2.17. The average Bonchev–Trinajstić information content (AvgIpc) is 2.75. The smallest absolute Gasteiger partial charge is 0.258 e. The van der Waals surface area contributed by atoms with Crippen molar-refractivity contribution in [2.24, 2.45) is 5.10 Å². The molecule has 3 rings (SSSR count). The van der Waals surface area contributed by atoms with Gasteiger partial charge >= 0.3 is 0 Å². The van der Waals surface area contributed by atoms with Crippen LogP contribution in [0.5, 0.6) is 5.75 Å². The first kappa shape index (κ1) is 20.8. The predicted molar refractivity (Wildman–Crippen MR) is 120 cm³/mol. The van der Waals surface area contributed by atoms with Gasteiger partial charge in [0.05, 0.1) is 6.21 Å². The first-order valence-corrected chi connectivity index (χ1v) is 10.3. The summed E-state index contributed by atoms with van der Waals surface area (Å²) in [6.07, 6.45) is 7.45. The molecule has 0 aliphatic heterocycles. The number of nitrogens with zero attached hydrogens (tertiary/aromatic N) is 1. The maximum atomic E-state index is 12.0. The number of hydrogen-bond donors (Lipinski definition) is 3. The quantitative estimate of drug-likeness (QED) is 0.367. The third kappa shape index (κ3) is 7.54. The molecule has 1 saturated carbocycles. The fourth-order valence-electron chi connectivity index (χ4n) is 3.16. The molecule has 0 radical (unpaired) electrons. The number of amides is 1. The Bertz CT molecular complexity index is 818. The van der Waals surface area contributed by atoms with Gasteiger partial charge in [0, 0.05) is 11.7 Å². The number of para-hydroxylation sites is 1. The molecule has 6 nitrogen and oxygen atoms in total. The normalized spacial score (nSPS) is 14.3. The highest BCUT2D eigenvalue weighted by atomic mass is 32.1. The van der Waals surface area contributed by atoms with E-state index in [0.29, 0.717) is 16.9 Å². The van der Waals surface area contributed by atoms with E-state index < -0.39 is 0 Å². The van der Waals surface area contributed by atoms with Crippen LogP contribution in [-0.4, -0.2) is 29.9 Å². The molecule has 0 aromatic heterocycles. The molecule has 0 bridgehead atoms. The van der Waals surface area contributed by atoms with Gasteiger partial charge in [0.15, 0.2) is 11.7 Å². The largest absolute Gasteiger partial charge is 0.484 e. The zero-order chi connectivity index (χ0) is 20.3. The van der Waals surface area contributed by atoms with E-state index in [9.17, 15) is 4.79 Å². The summed E-state index contributed by atoms with van der Waals surface area (Å²) in [7, 11) is 0. The number of carbonyl (C=O) groups is 1. The van der Waals surface area contributed by atoms with Crippen molar-refractivity contribution >= 4 is 35.1 Å². The van der Waals surface area contributed by atoms with Gasteiger partial charge < -0.3 is 15.4 Å². The van der Waals surface area contributed by atoms with Gasteiger partial charge in [-0.15, -0.1) is 0 Å². The average molecular weight is 411 g/mol. The van der Waals surface area contributed by atoms with Crippen LogP contribution in [0.3, 0.4) is 0 Å². The number of nitrogens with one attached hydrogen (secondary N) is 3. The summed E-state index contributed by atoms with van der Waals surface area (Å²) in [5.74, 6) is 0.585. The molecule has 0 spiro atoms. The zero-order valence-corrected chi connectivity index (χ0v) is 17.1. The first-order valence-electron chi connectivity index (χ1n) is 9.86. The lowest BCUT2D eigenvalue weighted by molar-refractivity contribution is -0.124. The molecule has 1 amide bonds. The van der Waals surface area contributed by atoms with Gasteiger partial charge in [-0.25, -0.2) is 0 Å². The number of rotatable bonds is 7. The van der Waals surface area contributed by atoms with E-state index in [2.05, 4.69) is 21.2 Å². The monoisotopic (exact) mass is 410 g/mol. The van der Waals surface area contributed by atoms with E-state index in [1.54, 1.807) is 6.21 Å². The van der Waals surface area contributed by atoms with Gasteiger partial charge in [-0.3, -0.25) is 10.2 Å². The number of anilines is 1. The van der Waals surface area contributed by atoms with Gasteiger partial charge in [-0.2, -0.15) is 5.10 Å². The lowest BCUT2D eigenvalue weighted by atomic mass is 9.95. The minimum atomic E-state index is -0.0637. The summed E-state index contributed by atoms with van der Waals surface area (Å²) in [5, 5.41) is 10.6. The zero-order valence-electron chi connectivity index (χ0n) is 16.3. The van der Waals surface area contributed by atoms with E-state index in [0.717, 1.165) is 24.1 Å². The molecule has 3 N–H and O–H groups in total. The summed E-state index contributed by atoms with van der Waals surface area (Å²) >= 11 is 5.20. The van der Waals surface area contributed by atoms with Crippen LogP contribution in [0.25, 0.3) is 0 Å². The van der Waals surface area contributed by atoms with Crippen LogP contribution in [-0.2, 0) is 4.79 Å². The summed E-state index contributed by atoms with van der Waals surface area (Å²) < 4.78 is 5.57. The van der Waals surface area contributed by atoms with Crippen molar-refractivity contribution in [2.45, 2.75) is 38.1 Å². The molecule has 2 aromatic rings. The maximum Gasteiger partial charge on any atom is 0.258 e. The van der Waals surface area contributed by atoms with Crippen molar-refractivity contribution in [3.05, 3.63) is 60.2 Å². The van der Waals surface area contributed by atoms with Crippen LogP contribution in [0.15, 0.2) is 59.7 Å². The number of hydrogen-bond acceptors (Lipinski definition) is 4. The molecular formula is C22H26N4O2S. The second kappa shape index (κ2) is 11.2. The van der Waals surface area contributed by atoms with Crippen molar-refractivity contribution in [2.75, 3.05) is 11.9 Å². The van der Waals surface area contributed by atoms with Crippen molar-refractivity contribution < 1.29 is 9.53 Å². The van der Waals surface area contributed by atoms with Crippen LogP contribution < -0.4 is 20.8 Å².